The van der Waals surface area contributed by atoms with Crippen LogP contribution in [0.25, 0.3) is 0 Å². The fourth-order valence-corrected chi connectivity index (χ4v) is 2.49. The lowest BCUT2D eigenvalue weighted by Gasteiger charge is -2.21. The predicted molar refractivity (Wildman–Crippen MR) is 87.1 cm³/mol. The van der Waals surface area contributed by atoms with Crippen LogP contribution in [0.5, 0.6) is 5.75 Å². The third-order valence-corrected chi connectivity index (χ3v) is 3.99. The number of benzene rings is 2. The minimum atomic E-state index is 0.267. The van der Waals surface area contributed by atoms with Crippen molar-refractivity contribution >= 4 is 15.9 Å². The first-order chi connectivity index (χ1) is 9.60. The number of nitrogens with one attached hydrogen (secondary N) is 1. The van der Waals surface area contributed by atoms with Crippen LogP contribution >= 0.6 is 15.9 Å². The van der Waals surface area contributed by atoms with E-state index < -0.39 is 0 Å². The summed E-state index contributed by atoms with van der Waals surface area (Å²) >= 11 is 3.46. The van der Waals surface area contributed by atoms with E-state index in [9.17, 15) is 0 Å². The molecule has 20 heavy (non-hydrogen) atoms. The molecule has 0 bridgehead atoms. The van der Waals surface area contributed by atoms with Gasteiger partial charge in [0.25, 0.3) is 0 Å². The van der Waals surface area contributed by atoms with Crippen molar-refractivity contribution in [1.82, 2.24) is 5.32 Å². The van der Waals surface area contributed by atoms with E-state index in [-0.39, 0.29) is 6.04 Å². The molecule has 0 heterocycles. The number of methoxy groups -OCH3 is 1. The molecule has 0 aliphatic heterocycles. The number of rotatable bonds is 5. The molecule has 0 saturated heterocycles. The average molecular weight is 334 g/mol. The number of ether oxygens (including phenoxy) is 1. The van der Waals surface area contributed by atoms with Gasteiger partial charge < -0.3 is 10.1 Å². The fourth-order valence-electron chi connectivity index (χ4n) is 2.23. The maximum atomic E-state index is 5.27. The van der Waals surface area contributed by atoms with E-state index in [1.807, 2.05) is 12.1 Å². The van der Waals surface area contributed by atoms with Crippen LogP contribution in [-0.4, -0.2) is 7.11 Å². The Bertz CT molecular complexity index is 553. The van der Waals surface area contributed by atoms with Crippen molar-refractivity contribution in [1.29, 1.82) is 0 Å². The predicted octanol–water partition coefficient (Wildman–Crippen LogP) is 4.87. The van der Waals surface area contributed by atoms with Gasteiger partial charge in [0.15, 0.2) is 0 Å². The summed E-state index contributed by atoms with van der Waals surface area (Å²) in [4.78, 5) is 0. The van der Waals surface area contributed by atoms with Gasteiger partial charge in [-0.2, -0.15) is 0 Å². The van der Waals surface area contributed by atoms with Crippen LogP contribution in [0.3, 0.4) is 0 Å². The van der Waals surface area contributed by atoms with Crippen LogP contribution in [0.1, 0.15) is 37.1 Å². The first-order valence-corrected chi connectivity index (χ1v) is 7.55. The molecule has 2 atom stereocenters. The summed E-state index contributed by atoms with van der Waals surface area (Å²) in [6, 6.07) is 17.2. The van der Waals surface area contributed by atoms with Crippen LogP contribution in [0.15, 0.2) is 53.0 Å². The normalized spacial score (nSPS) is 13.8. The van der Waals surface area contributed by atoms with E-state index in [0.29, 0.717) is 6.04 Å². The zero-order chi connectivity index (χ0) is 14.5. The van der Waals surface area contributed by atoms with Gasteiger partial charge in [-0.25, -0.2) is 0 Å². The highest BCUT2D eigenvalue weighted by molar-refractivity contribution is 9.10. The highest BCUT2D eigenvalue weighted by atomic mass is 79.9. The van der Waals surface area contributed by atoms with Gasteiger partial charge >= 0.3 is 0 Å². The summed E-state index contributed by atoms with van der Waals surface area (Å²) in [6.07, 6.45) is 0. The van der Waals surface area contributed by atoms with Gasteiger partial charge in [0.1, 0.15) is 5.75 Å². The van der Waals surface area contributed by atoms with Gasteiger partial charge in [0.2, 0.25) is 0 Å². The molecule has 0 saturated carbocycles. The molecule has 0 aromatic heterocycles. The zero-order valence-electron chi connectivity index (χ0n) is 12.1. The standard InChI is InChI=1S/C17H20BrNO/c1-12(14-7-9-16(18)10-8-14)19-13(2)15-5-4-6-17(11-15)20-3/h4-13,19H,1-3H3. The topological polar surface area (TPSA) is 21.3 Å². The Morgan fingerprint density at radius 2 is 1.60 bits per heavy atom. The minimum absolute atomic E-state index is 0.267. The molecule has 2 nitrogen and oxygen atoms in total. The van der Waals surface area contributed by atoms with Crippen LogP contribution < -0.4 is 10.1 Å². The molecule has 0 amide bonds. The lowest BCUT2D eigenvalue weighted by atomic mass is 10.0. The van der Waals surface area contributed by atoms with Gasteiger partial charge in [-0.1, -0.05) is 40.2 Å². The summed E-state index contributed by atoms with van der Waals surface area (Å²) in [5, 5.41) is 3.61. The quantitative estimate of drug-likeness (QED) is 0.842. The van der Waals surface area contributed by atoms with E-state index in [1.54, 1.807) is 7.11 Å². The highest BCUT2D eigenvalue weighted by Gasteiger charge is 2.11. The Labute approximate surface area is 129 Å². The van der Waals surface area contributed by atoms with Crippen LogP contribution in [-0.2, 0) is 0 Å². The molecule has 0 spiro atoms. The lowest BCUT2D eigenvalue weighted by molar-refractivity contribution is 0.412. The van der Waals surface area contributed by atoms with Gasteiger partial charge in [0, 0.05) is 16.6 Å². The Morgan fingerprint density at radius 1 is 0.950 bits per heavy atom. The second kappa shape index (κ2) is 6.91. The minimum Gasteiger partial charge on any atom is -0.497 e. The Morgan fingerprint density at radius 3 is 2.25 bits per heavy atom. The molecule has 2 unspecified atom stereocenters. The lowest BCUT2D eigenvalue weighted by Crippen LogP contribution is -2.22. The Hall–Kier alpha value is -1.32. The maximum absolute atomic E-state index is 5.27. The molecule has 0 aliphatic carbocycles. The number of hydrogen-bond acceptors (Lipinski definition) is 2. The second-order valence-corrected chi connectivity index (χ2v) is 5.85. The average Bonchev–Trinajstić information content (AvgIpc) is 2.47. The van der Waals surface area contributed by atoms with Gasteiger partial charge in [-0.05, 0) is 49.2 Å². The van der Waals surface area contributed by atoms with E-state index in [2.05, 4.69) is 71.5 Å². The monoisotopic (exact) mass is 333 g/mol. The Balaban J connectivity index is 2.06. The maximum Gasteiger partial charge on any atom is 0.119 e. The molecule has 0 aliphatic rings. The van der Waals surface area contributed by atoms with E-state index in [4.69, 9.17) is 4.74 Å². The molecule has 2 rings (SSSR count). The van der Waals surface area contributed by atoms with E-state index in [1.165, 1.54) is 11.1 Å². The van der Waals surface area contributed by atoms with Crippen molar-refractivity contribution in [2.75, 3.05) is 7.11 Å². The molecule has 2 aromatic rings. The van der Waals surface area contributed by atoms with Crippen LogP contribution in [0.2, 0.25) is 0 Å². The summed E-state index contributed by atoms with van der Waals surface area (Å²) in [7, 11) is 1.70. The van der Waals surface area contributed by atoms with Crippen molar-refractivity contribution in [2.24, 2.45) is 0 Å². The SMILES string of the molecule is COc1cccc(C(C)NC(C)c2ccc(Br)cc2)c1. The van der Waals surface area contributed by atoms with Gasteiger partial charge in [-0.15, -0.1) is 0 Å². The van der Waals surface area contributed by atoms with Crippen molar-refractivity contribution in [3.8, 4) is 5.75 Å². The summed E-state index contributed by atoms with van der Waals surface area (Å²) < 4.78 is 6.38. The smallest absolute Gasteiger partial charge is 0.119 e. The van der Waals surface area contributed by atoms with Crippen LogP contribution in [0.4, 0.5) is 0 Å². The first kappa shape index (κ1) is 15.1. The third-order valence-electron chi connectivity index (χ3n) is 3.46. The van der Waals surface area contributed by atoms with E-state index >= 15 is 0 Å². The second-order valence-electron chi connectivity index (χ2n) is 4.94. The van der Waals surface area contributed by atoms with Crippen molar-refractivity contribution in [2.45, 2.75) is 25.9 Å². The fraction of sp³-hybridized carbons (Fsp3) is 0.294. The summed E-state index contributed by atoms with van der Waals surface area (Å²) in [6.45, 7) is 4.35. The van der Waals surface area contributed by atoms with Crippen LogP contribution in [0, 0.1) is 0 Å². The molecular formula is C17H20BrNO. The molecule has 0 fully saturated rings. The molecule has 2 aromatic carbocycles. The van der Waals surface area contributed by atoms with Gasteiger partial charge in [0.05, 0.1) is 7.11 Å². The van der Waals surface area contributed by atoms with Crippen molar-refractivity contribution < 1.29 is 4.74 Å². The molecular weight excluding hydrogens is 314 g/mol. The number of hydrogen-bond donors (Lipinski definition) is 1. The van der Waals surface area contributed by atoms with E-state index in [0.717, 1.165) is 10.2 Å². The van der Waals surface area contributed by atoms with Crippen molar-refractivity contribution in [3.63, 3.8) is 0 Å². The summed E-state index contributed by atoms with van der Waals surface area (Å²) in [5.74, 6) is 0.896. The molecule has 106 valence electrons. The molecule has 1 N–H and O–H groups in total. The number of halogens is 1. The Kier molecular flexibility index (Phi) is 5.21. The van der Waals surface area contributed by atoms with Crippen molar-refractivity contribution in [3.05, 3.63) is 64.1 Å². The molecule has 3 heteroatoms. The summed E-state index contributed by atoms with van der Waals surface area (Å²) in [5.41, 5.74) is 2.51. The third kappa shape index (κ3) is 3.84. The van der Waals surface area contributed by atoms with Gasteiger partial charge in [-0.3, -0.25) is 0 Å². The highest BCUT2D eigenvalue weighted by Crippen LogP contribution is 2.23. The largest absolute Gasteiger partial charge is 0.497 e. The first-order valence-electron chi connectivity index (χ1n) is 6.75. The molecule has 0 radical (unpaired) electrons. The zero-order valence-corrected chi connectivity index (χ0v) is 13.6.